The van der Waals surface area contributed by atoms with Crippen molar-refractivity contribution in [1.82, 2.24) is 0 Å². The van der Waals surface area contributed by atoms with Crippen molar-refractivity contribution in [1.29, 1.82) is 0 Å². The first-order chi connectivity index (χ1) is 10.3. The maximum atomic E-state index is 14.1. The molecule has 4 nitrogen and oxygen atoms in total. The fraction of sp³-hybridized carbons (Fsp3) is 0.625. The van der Waals surface area contributed by atoms with Gasteiger partial charge >= 0.3 is 0 Å². The molecule has 3 atom stereocenters. The number of nitrogens with two attached hydrogens (primary N) is 1. The Kier molecular flexibility index (Phi) is 5.58. The van der Waals surface area contributed by atoms with E-state index < -0.39 is 15.7 Å². The van der Waals surface area contributed by atoms with E-state index in [9.17, 15) is 8.60 Å². The van der Waals surface area contributed by atoms with Crippen LogP contribution >= 0.6 is 0 Å². The second-order valence-electron chi connectivity index (χ2n) is 6.45. The molecule has 0 saturated carbocycles. The lowest BCUT2D eigenvalue weighted by Gasteiger charge is -2.26. The maximum absolute atomic E-state index is 14.1. The van der Waals surface area contributed by atoms with E-state index in [1.807, 2.05) is 20.8 Å². The Morgan fingerprint density at radius 2 is 2.27 bits per heavy atom. The van der Waals surface area contributed by atoms with Gasteiger partial charge in [-0.15, -0.1) is 0 Å². The minimum atomic E-state index is -1.46. The molecule has 1 aliphatic heterocycles. The topological polar surface area (TPSA) is 61.6 Å². The van der Waals surface area contributed by atoms with Crippen LogP contribution in [0.2, 0.25) is 0 Å². The fourth-order valence-electron chi connectivity index (χ4n) is 2.70. The van der Waals surface area contributed by atoms with Crippen LogP contribution < -0.4 is 9.88 Å². The largest absolute Gasteiger partial charge is 0.488 e. The van der Waals surface area contributed by atoms with Gasteiger partial charge in [0, 0.05) is 6.42 Å². The van der Waals surface area contributed by atoms with Crippen LogP contribution in [0.5, 0.6) is 5.75 Å². The first-order valence-electron chi connectivity index (χ1n) is 7.50. The SMILES string of the molecule is C[C@@H](CC(C)(C)S(N)=O)c1cc(O[C@H]2CCOC2)ccc1F. The van der Waals surface area contributed by atoms with E-state index in [1.165, 1.54) is 6.07 Å². The van der Waals surface area contributed by atoms with Crippen LogP contribution in [0.1, 0.15) is 45.1 Å². The van der Waals surface area contributed by atoms with Gasteiger partial charge in [0.25, 0.3) is 0 Å². The average molecular weight is 329 g/mol. The quantitative estimate of drug-likeness (QED) is 0.873. The van der Waals surface area contributed by atoms with Crippen molar-refractivity contribution in [2.75, 3.05) is 13.2 Å². The van der Waals surface area contributed by atoms with Crippen LogP contribution in [0.15, 0.2) is 18.2 Å². The summed E-state index contributed by atoms with van der Waals surface area (Å²) in [6.07, 6.45) is 1.41. The van der Waals surface area contributed by atoms with Gasteiger partial charge in [-0.3, -0.25) is 5.14 Å². The molecule has 1 aliphatic rings. The lowest BCUT2D eigenvalue weighted by atomic mass is 9.91. The van der Waals surface area contributed by atoms with Gasteiger partial charge < -0.3 is 9.47 Å². The molecule has 1 fully saturated rings. The molecular formula is C16H24FNO3S. The van der Waals surface area contributed by atoms with Gasteiger partial charge in [-0.05, 0) is 49.9 Å². The van der Waals surface area contributed by atoms with Crippen LogP contribution in [0.4, 0.5) is 4.39 Å². The summed E-state index contributed by atoms with van der Waals surface area (Å²) in [5.74, 6) is 0.262. The number of hydrogen-bond acceptors (Lipinski definition) is 3. The van der Waals surface area contributed by atoms with Crippen molar-refractivity contribution in [2.24, 2.45) is 5.14 Å². The number of rotatable bonds is 6. The number of ether oxygens (including phenoxy) is 2. The predicted molar refractivity (Wildman–Crippen MR) is 85.7 cm³/mol. The Bertz CT molecular complexity index is 544. The van der Waals surface area contributed by atoms with Crippen LogP contribution in [0, 0.1) is 5.82 Å². The summed E-state index contributed by atoms with van der Waals surface area (Å²) in [5.41, 5.74) is 0.565. The zero-order valence-electron chi connectivity index (χ0n) is 13.3. The monoisotopic (exact) mass is 329 g/mol. The molecule has 1 saturated heterocycles. The Balaban J connectivity index is 2.13. The second-order valence-corrected chi connectivity index (χ2v) is 8.15. The van der Waals surface area contributed by atoms with Gasteiger partial charge in [-0.2, -0.15) is 0 Å². The van der Waals surface area contributed by atoms with Crippen molar-refractivity contribution in [3.8, 4) is 5.75 Å². The molecule has 6 heteroatoms. The minimum Gasteiger partial charge on any atom is -0.488 e. The highest BCUT2D eigenvalue weighted by Crippen LogP contribution is 2.32. The molecule has 1 aromatic carbocycles. The minimum absolute atomic E-state index is 0.0293. The molecule has 2 N–H and O–H groups in total. The first kappa shape index (κ1) is 17.4. The first-order valence-corrected chi connectivity index (χ1v) is 8.71. The number of hydrogen-bond donors (Lipinski definition) is 1. The maximum Gasteiger partial charge on any atom is 0.126 e. The van der Waals surface area contributed by atoms with Crippen molar-refractivity contribution in [2.45, 2.75) is 50.4 Å². The van der Waals surface area contributed by atoms with Gasteiger partial charge in [-0.25, -0.2) is 8.60 Å². The summed E-state index contributed by atoms with van der Waals surface area (Å²) in [7, 11) is -1.46. The molecule has 124 valence electrons. The van der Waals surface area contributed by atoms with Crippen LogP contribution in [0.25, 0.3) is 0 Å². The molecule has 22 heavy (non-hydrogen) atoms. The fourth-order valence-corrected chi connectivity index (χ4v) is 3.11. The van der Waals surface area contributed by atoms with Gasteiger partial charge in [0.2, 0.25) is 0 Å². The predicted octanol–water partition coefficient (Wildman–Crippen LogP) is 2.89. The van der Waals surface area contributed by atoms with E-state index in [2.05, 4.69) is 0 Å². The molecule has 0 spiro atoms. The van der Waals surface area contributed by atoms with E-state index >= 15 is 0 Å². The molecule has 0 radical (unpaired) electrons. The number of halogens is 1. The smallest absolute Gasteiger partial charge is 0.126 e. The van der Waals surface area contributed by atoms with Crippen molar-refractivity contribution in [3.63, 3.8) is 0 Å². The van der Waals surface area contributed by atoms with Crippen LogP contribution in [-0.2, 0) is 15.7 Å². The van der Waals surface area contributed by atoms with E-state index in [0.29, 0.717) is 30.9 Å². The molecule has 2 rings (SSSR count). The summed E-state index contributed by atoms with van der Waals surface area (Å²) in [4.78, 5) is 0. The molecule has 1 unspecified atom stereocenters. The average Bonchev–Trinajstić information content (AvgIpc) is 2.93. The highest BCUT2D eigenvalue weighted by Gasteiger charge is 2.28. The lowest BCUT2D eigenvalue weighted by Crippen LogP contribution is -2.33. The van der Waals surface area contributed by atoms with Gasteiger partial charge in [0.05, 0.1) is 28.9 Å². The molecule has 1 aromatic rings. The summed E-state index contributed by atoms with van der Waals surface area (Å²) in [6, 6.07) is 4.79. The van der Waals surface area contributed by atoms with E-state index in [1.54, 1.807) is 12.1 Å². The van der Waals surface area contributed by atoms with Crippen LogP contribution in [0.3, 0.4) is 0 Å². The molecule has 0 bridgehead atoms. The zero-order chi connectivity index (χ0) is 16.3. The van der Waals surface area contributed by atoms with E-state index in [4.69, 9.17) is 14.6 Å². The highest BCUT2D eigenvalue weighted by molar-refractivity contribution is 7.84. The highest BCUT2D eigenvalue weighted by atomic mass is 32.2. The molecule has 0 aromatic heterocycles. The lowest BCUT2D eigenvalue weighted by molar-refractivity contribution is 0.141. The van der Waals surface area contributed by atoms with Crippen molar-refractivity contribution < 1.29 is 18.1 Å². The normalized spacial score (nSPS) is 21.6. The van der Waals surface area contributed by atoms with E-state index in [0.717, 1.165) is 6.42 Å². The Hall–Kier alpha value is -0.980. The van der Waals surface area contributed by atoms with Crippen LogP contribution in [-0.4, -0.2) is 28.3 Å². The standard InChI is InChI=1S/C16H24FNO3S/c1-11(9-16(2,3)22(18)19)14-8-12(4-5-15(14)17)21-13-6-7-20-10-13/h4-5,8,11,13H,6-7,9-10,18H2,1-3H3/t11-,13-,22?/m0/s1. The third-order valence-corrected chi connectivity index (χ3v) is 5.29. The molecule has 1 heterocycles. The summed E-state index contributed by atoms with van der Waals surface area (Å²) in [5, 5.41) is 5.51. The summed E-state index contributed by atoms with van der Waals surface area (Å²) < 4.78 is 36.2. The van der Waals surface area contributed by atoms with Gasteiger partial charge in [0.15, 0.2) is 0 Å². The summed E-state index contributed by atoms with van der Waals surface area (Å²) >= 11 is 0. The number of benzene rings is 1. The van der Waals surface area contributed by atoms with Crippen molar-refractivity contribution in [3.05, 3.63) is 29.6 Å². The van der Waals surface area contributed by atoms with Gasteiger partial charge in [0.1, 0.15) is 17.7 Å². The third kappa shape index (κ3) is 4.27. The Morgan fingerprint density at radius 3 is 2.86 bits per heavy atom. The van der Waals surface area contributed by atoms with Crippen molar-refractivity contribution >= 4 is 11.0 Å². The van der Waals surface area contributed by atoms with Gasteiger partial charge in [-0.1, -0.05) is 6.92 Å². The molecule has 0 aliphatic carbocycles. The Labute approximate surface area is 133 Å². The second kappa shape index (κ2) is 7.06. The molecule has 0 amide bonds. The third-order valence-electron chi connectivity index (χ3n) is 4.03. The Morgan fingerprint density at radius 1 is 1.55 bits per heavy atom. The molecular weight excluding hydrogens is 305 g/mol. The zero-order valence-corrected chi connectivity index (χ0v) is 14.1. The summed E-state index contributed by atoms with van der Waals surface area (Å²) in [6.45, 7) is 6.84. The van der Waals surface area contributed by atoms with E-state index in [-0.39, 0.29) is 17.8 Å².